The number of amides is 1. The minimum atomic E-state index is -3.57. The van der Waals surface area contributed by atoms with Gasteiger partial charge >= 0.3 is 0 Å². The Bertz CT molecular complexity index is 997. The summed E-state index contributed by atoms with van der Waals surface area (Å²) in [6, 6.07) is 14.2. The molecule has 1 aliphatic heterocycles. The Morgan fingerprint density at radius 2 is 1.68 bits per heavy atom. The van der Waals surface area contributed by atoms with Gasteiger partial charge in [0, 0.05) is 44.4 Å². The lowest BCUT2D eigenvalue weighted by molar-refractivity contribution is -0.384. The number of carbonyl (C=O) groups is 1. The van der Waals surface area contributed by atoms with E-state index < -0.39 is 14.9 Å². The zero-order valence-corrected chi connectivity index (χ0v) is 15.8. The third-order valence-corrected chi connectivity index (χ3v) is 6.34. The lowest BCUT2D eigenvalue weighted by atomic mass is 10.2. The van der Waals surface area contributed by atoms with Gasteiger partial charge in [-0.2, -0.15) is 4.31 Å². The number of hydrogen-bond donors (Lipinski definition) is 0. The molecule has 1 heterocycles. The van der Waals surface area contributed by atoms with Crippen molar-refractivity contribution < 1.29 is 18.1 Å². The number of rotatable bonds is 5. The molecule has 1 saturated heterocycles. The highest BCUT2D eigenvalue weighted by Crippen LogP contribution is 2.18. The molecule has 1 aliphatic rings. The molecule has 3 rings (SSSR count). The highest BCUT2D eigenvalue weighted by molar-refractivity contribution is 7.89. The van der Waals surface area contributed by atoms with Crippen LogP contribution in [0.2, 0.25) is 0 Å². The SMILES string of the molecule is O=C(/C=C/c1cccc([N+](=O)[O-])c1)N1CCN(S(=O)(=O)c2ccccc2)CC1. The van der Waals surface area contributed by atoms with Crippen LogP contribution in [0.25, 0.3) is 6.08 Å². The first-order valence-electron chi connectivity index (χ1n) is 8.64. The van der Waals surface area contributed by atoms with Gasteiger partial charge in [0.05, 0.1) is 9.82 Å². The summed E-state index contributed by atoms with van der Waals surface area (Å²) in [7, 11) is -3.57. The third kappa shape index (κ3) is 4.44. The van der Waals surface area contributed by atoms with Crippen LogP contribution >= 0.6 is 0 Å². The van der Waals surface area contributed by atoms with Crippen LogP contribution in [-0.4, -0.2) is 54.6 Å². The van der Waals surface area contributed by atoms with E-state index in [1.807, 2.05) is 0 Å². The first-order chi connectivity index (χ1) is 13.4. The molecule has 0 N–H and O–H groups in total. The minimum Gasteiger partial charge on any atom is -0.337 e. The summed E-state index contributed by atoms with van der Waals surface area (Å²) in [6.07, 6.45) is 2.86. The van der Waals surface area contributed by atoms with Crippen molar-refractivity contribution in [2.24, 2.45) is 0 Å². The Balaban J connectivity index is 1.61. The normalized spacial score (nSPS) is 15.6. The molecule has 1 fully saturated rings. The maximum Gasteiger partial charge on any atom is 0.270 e. The molecule has 0 unspecified atom stereocenters. The summed E-state index contributed by atoms with van der Waals surface area (Å²) in [5.41, 5.74) is 0.502. The van der Waals surface area contributed by atoms with Crippen LogP contribution in [-0.2, 0) is 14.8 Å². The summed E-state index contributed by atoms with van der Waals surface area (Å²) in [4.78, 5) is 24.5. The van der Waals surface area contributed by atoms with Crippen LogP contribution in [0.5, 0.6) is 0 Å². The van der Waals surface area contributed by atoms with E-state index in [2.05, 4.69) is 0 Å². The van der Waals surface area contributed by atoms with E-state index >= 15 is 0 Å². The Morgan fingerprint density at radius 3 is 2.32 bits per heavy atom. The fourth-order valence-corrected chi connectivity index (χ4v) is 4.35. The van der Waals surface area contributed by atoms with Crippen LogP contribution in [0.3, 0.4) is 0 Å². The highest BCUT2D eigenvalue weighted by Gasteiger charge is 2.29. The Labute approximate surface area is 162 Å². The van der Waals surface area contributed by atoms with Gasteiger partial charge in [-0.1, -0.05) is 30.3 Å². The molecule has 28 heavy (non-hydrogen) atoms. The van der Waals surface area contributed by atoms with E-state index in [0.29, 0.717) is 5.56 Å². The standard InChI is InChI=1S/C19H19N3O5S/c23-19(10-9-16-5-4-6-17(15-16)22(24)25)20-11-13-21(14-12-20)28(26,27)18-7-2-1-3-8-18/h1-10,15H,11-14H2/b10-9+. The second-order valence-corrected chi connectivity index (χ2v) is 8.17. The van der Waals surface area contributed by atoms with Crippen molar-refractivity contribution in [2.45, 2.75) is 4.90 Å². The molecular weight excluding hydrogens is 382 g/mol. The largest absolute Gasteiger partial charge is 0.337 e. The molecule has 0 aromatic heterocycles. The number of piperazine rings is 1. The van der Waals surface area contributed by atoms with Gasteiger partial charge in [0.2, 0.25) is 15.9 Å². The molecular formula is C19H19N3O5S. The number of nitrogens with zero attached hydrogens (tertiary/aromatic N) is 3. The van der Waals surface area contributed by atoms with Crippen molar-refractivity contribution in [2.75, 3.05) is 26.2 Å². The number of benzene rings is 2. The number of nitro benzene ring substituents is 1. The van der Waals surface area contributed by atoms with Crippen molar-refractivity contribution >= 4 is 27.7 Å². The van der Waals surface area contributed by atoms with Crippen LogP contribution in [0.1, 0.15) is 5.56 Å². The molecule has 1 amide bonds. The van der Waals surface area contributed by atoms with Crippen LogP contribution in [0.4, 0.5) is 5.69 Å². The maximum atomic E-state index is 12.6. The summed E-state index contributed by atoms with van der Waals surface area (Å²) in [5, 5.41) is 10.8. The van der Waals surface area contributed by atoms with Gasteiger partial charge in [0.1, 0.15) is 0 Å². The molecule has 0 bridgehead atoms. The van der Waals surface area contributed by atoms with E-state index in [1.165, 1.54) is 28.6 Å². The predicted molar refractivity (Wildman–Crippen MR) is 104 cm³/mol. The quantitative estimate of drug-likeness (QED) is 0.434. The van der Waals surface area contributed by atoms with Crippen molar-refractivity contribution in [3.63, 3.8) is 0 Å². The molecule has 0 radical (unpaired) electrons. The fourth-order valence-electron chi connectivity index (χ4n) is 2.91. The zero-order valence-electron chi connectivity index (χ0n) is 15.0. The van der Waals surface area contributed by atoms with E-state index in [4.69, 9.17) is 0 Å². The second-order valence-electron chi connectivity index (χ2n) is 6.23. The van der Waals surface area contributed by atoms with Gasteiger partial charge in [0.25, 0.3) is 5.69 Å². The Hall–Kier alpha value is -3.04. The maximum absolute atomic E-state index is 12.6. The number of non-ortho nitro benzene ring substituents is 1. The van der Waals surface area contributed by atoms with E-state index in [-0.39, 0.29) is 42.7 Å². The minimum absolute atomic E-state index is 0.0469. The molecule has 8 nitrogen and oxygen atoms in total. The van der Waals surface area contributed by atoms with Gasteiger partial charge in [-0.15, -0.1) is 0 Å². The summed E-state index contributed by atoms with van der Waals surface area (Å²) in [6.45, 7) is 0.996. The number of hydrogen-bond acceptors (Lipinski definition) is 5. The summed E-state index contributed by atoms with van der Waals surface area (Å²) in [5.74, 6) is -0.261. The smallest absolute Gasteiger partial charge is 0.270 e. The van der Waals surface area contributed by atoms with Gasteiger partial charge in [0.15, 0.2) is 0 Å². The van der Waals surface area contributed by atoms with Crippen molar-refractivity contribution in [3.05, 3.63) is 76.4 Å². The van der Waals surface area contributed by atoms with Crippen LogP contribution < -0.4 is 0 Å². The van der Waals surface area contributed by atoms with E-state index in [9.17, 15) is 23.3 Å². The molecule has 2 aromatic rings. The monoisotopic (exact) mass is 401 g/mol. The Kier molecular flexibility index (Phi) is 5.86. The summed E-state index contributed by atoms with van der Waals surface area (Å²) < 4.78 is 26.6. The molecule has 9 heteroatoms. The average molecular weight is 401 g/mol. The lowest BCUT2D eigenvalue weighted by Crippen LogP contribution is -2.50. The summed E-state index contributed by atoms with van der Waals surface area (Å²) >= 11 is 0. The van der Waals surface area contributed by atoms with Crippen molar-refractivity contribution in [1.82, 2.24) is 9.21 Å². The topological polar surface area (TPSA) is 101 Å². The first kappa shape index (κ1) is 19.7. The van der Waals surface area contributed by atoms with Gasteiger partial charge in [-0.05, 0) is 23.8 Å². The molecule has 2 aromatic carbocycles. The van der Waals surface area contributed by atoms with Gasteiger partial charge in [-0.3, -0.25) is 14.9 Å². The molecule has 0 atom stereocenters. The fraction of sp³-hybridized carbons (Fsp3) is 0.211. The molecule has 0 spiro atoms. The van der Waals surface area contributed by atoms with Crippen molar-refractivity contribution in [3.8, 4) is 0 Å². The van der Waals surface area contributed by atoms with Crippen LogP contribution in [0, 0.1) is 10.1 Å². The predicted octanol–water partition coefficient (Wildman–Crippen LogP) is 2.14. The number of nitro groups is 1. The molecule has 0 aliphatic carbocycles. The second kappa shape index (κ2) is 8.32. The molecule has 0 saturated carbocycles. The third-order valence-electron chi connectivity index (χ3n) is 4.43. The lowest BCUT2D eigenvalue weighted by Gasteiger charge is -2.33. The number of sulfonamides is 1. The van der Waals surface area contributed by atoms with Gasteiger partial charge < -0.3 is 4.90 Å². The first-order valence-corrected chi connectivity index (χ1v) is 10.1. The zero-order chi connectivity index (χ0) is 20.1. The molecule has 146 valence electrons. The average Bonchev–Trinajstić information content (AvgIpc) is 2.73. The van der Waals surface area contributed by atoms with E-state index in [1.54, 1.807) is 47.4 Å². The van der Waals surface area contributed by atoms with Crippen molar-refractivity contribution in [1.29, 1.82) is 0 Å². The van der Waals surface area contributed by atoms with Crippen LogP contribution in [0.15, 0.2) is 65.6 Å². The highest BCUT2D eigenvalue weighted by atomic mass is 32.2. The number of carbonyl (C=O) groups excluding carboxylic acids is 1. The van der Waals surface area contributed by atoms with Gasteiger partial charge in [-0.25, -0.2) is 8.42 Å². The van der Waals surface area contributed by atoms with E-state index in [0.717, 1.165) is 0 Å². The Morgan fingerprint density at radius 1 is 1.00 bits per heavy atom.